The maximum Gasteiger partial charge on any atom is 0.248 e. The third kappa shape index (κ3) is 4.17. The summed E-state index contributed by atoms with van der Waals surface area (Å²) in [4.78, 5) is 11.1. The average Bonchev–Trinajstić information content (AvgIpc) is 2.48. The summed E-state index contributed by atoms with van der Waals surface area (Å²) in [6.07, 6.45) is 0. The molecule has 0 spiro atoms. The average molecular weight is 282 g/mol. The Balaban J connectivity index is 2.04. The van der Waals surface area contributed by atoms with Gasteiger partial charge >= 0.3 is 0 Å². The van der Waals surface area contributed by atoms with Gasteiger partial charge in [-0.1, -0.05) is 56.3 Å². The Morgan fingerprint density at radius 2 is 1.67 bits per heavy atom. The number of hydrogen-bond donors (Lipinski definition) is 2. The van der Waals surface area contributed by atoms with Crippen LogP contribution < -0.4 is 11.1 Å². The Morgan fingerprint density at radius 3 is 2.19 bits per heavy atom. The highest BCUT2D eigenvalue weighted by molar-refractivity contribution is 5.92. The second-order valence-electron chi connectivity index (χ2n) is 5.57. The molecule has 1 atom stereocenters. The van der Waals surface area contributed by atoms with Crippen LogP contribution in [0.2, 0.25) is 0 Å². The number of carbonyl (C=O) groups excluding carboxylic acids is 1. The fourth-order valence-electron chi connectivity index (χ4n) is 2.41. The van der Waals surface area contributed by atoms with Crippen molar-refractivity contribution < 1.29 is 4.79 Å². The number of primary amides is 1. The number of nitrogens with two attached hydrogens (primary N) is 1. The van der Waals surface area contributed by atoms with Crippen molar-refractivity contribution in [1.29, 1.82) is 0 Å². The summed E-state index contributed by atoms with van der Waals surface area (Å²) in [6.45, 7) is 5.18. The minimum Gasteiger partial charge on any atom is -0.366 e. The van der Waals surface area contributed by atoms with Crippen molar-refractivity contribution in [1.82, 2.24) is 5.32 Å². The van der Waals surface area contributed by atoms with E-state index in [1.54, 1.807) is 12.1 Å². The van der Waals surface area contributed by atoms with Crippen LogP contribution in [-0.2, 0) is 6.54 Å². The van der Waals surface area contributed by atoms with E-state index in [0.717, 1.165) is 12.1 Å². The van der Waals surface area contributed by atoms with E-state index in [1.165, 1.54) is 5.56 Å². The first kappa shape index (κ1) is 15.3. The van der Waals surface area contributed by atoms with Gasteiger partial charge in [0.1, 0.15) is 0 Å². The van der Waals surface area contributed by atoms with Gasteiger partial charge in [0, 0.05) is 18.2 Å². The third-order valence-corrected chi connectivity index (χ3v) is 3.59. The van der Waals surface area contributed by atoms with Crippen LogP contribution in [0, 0.1) is 5.92 Å². The van der Waals surface area contributed by atoms with Crippen molar-refractivity contribution in [3.8, 4) is 0 Å². The van der Waals surface area contributed by atoms with Gasteiger partial charge in [-0.2, -0.15) is 0 Å². The highest BCUT2D eigenvalue weighted by Crippen LogP contribution is 2.21. The smallest absolute Gasteiger partial charge is 0.248 e. The van der Waals surface area contributed by atoms with Gasteiger partial charge in [0.2, 0.25) is 5.91 Å². The molecule has 0 heterocycles. The molecule has 1 amide bonds. The quantitative estimate of drug-likeness (QED) is 0.854. The summed E-state index contributed by atoms with van der Waals surface area (Å²) >= 11 is 0. The first-order valence-electron chi connectivity index (χ1n) is 7.25. The van der Waals surface area contributed by atoms with E-state index < -0.39 is 0 Å². The predicted molar refractivity (Wildman–Crippen MR) is 85.8 cm³/mol. The van der Waals surface area contributed by atoms with Crippen LogP contribution in [0.1, 0.15) is 41.4 Å². The number of carbonyl (C=O) groups is 1. The molecular formula is C18H22N2O. The molecule has 0 aromatic heterocycles. The molecule has 2 aromatic carbocycles. The molecule has 0 saturated carbocycles. The van der Waals surface area contributed by atoms with Crippen LogP contribution in [0.5, 0.6) is 0 Å². The van der Waals surface area contributed by atoms with Gasteiger partial charge in [0.25, 0.3) is 0 Å². The first-order chi connectivity index (χ1) is 10.1. The van der Waals surface area contributed by atoms with Gasteiger partial charge in [-0.05, 0) is 29.2 Å². The molecule has 110 valence electrons. The van der Waals surface area contributed by atoms with Gasteiger partial charge in [0.15, 0.2) is 0 Å². The zero-order chi connectivity index (χ0) is 15.2. The van der Waals surface area contributed by atoms with E-state index in [0.29, 0.717) is 17.5 Å². The van der Waals surface area contributed by atoms with Crippen LogP contribution in [0.25, 0.3) is 0 Å². The molecule has 3 heteroatoms. The number of hydrogen-bond acceptors (Lipinski definition) is 2. The molecule has 0 aliphatic carbocycles. The fourth-order valence-corrected chi connectivity index (χ4v) is 2.41. The minimum absolute atomic E-state index is 0.307. The molecule has 21 heavy (non-hydrogen) atoms. The van der Waals surface area contributed by atoms with E-state index >= 15 is 0 Å². The molecule has 0 saturated heterocycles. The lowest BCUT2D eigenvalue weighted by Crippen LogP contribution is -2.25. The molecule has 3 N–H and O–H groups in total. The van der Waals surface area contributed by atoms with Crippen LogP contribution in [0.3, 0.4) is 0 Å². The lowest BCUT2D eigenvalue weighted by molar-refractivity contribution is 0.100. The Labute approximate surface area is 126 Å². The van der Waals surface area contributed by atoms with E-state index in [4.69, 9.17) is 5.73 Å². The normalized spacial score (nSPS) is 12.3. The monoisotopic (exact) mass is 282 g/mol. The van der Waals surface area contributed by atoms with Crippen molar-refractivity contribution in [2.24, 2.45) is 11.7 Å². The fraction of sp³-hybridized carbons (Fsp3) is 0.278. The number of rotatable bonds is 6. The molecule has 0 unspecified atom stereocenters. The highest BCUT2D eigenvalue weighted by atomic mass is 16.1. The van der Waals surface area contributed by atoms with Crippen LogP contribution in [0.15, 0.2) is 54.6 Å². The summed E-state index contributed by atoms with van der Waals surface area (Å²) in [7, 11) is 0. The highest BCUT2D eigenvalue weighted by Gasteiger charge is 2.14. The lowest BCUT2D eigenvalue weighted by Gasteiger charge is -2.23. The Morgan fingerprint density at radius 1 is 1.05 bits per heavy atom. The summed E-state index contributed by atoms with van der Waals surface area (Å²) in [5.41, 5.74) is 8.22. The molecule has 2 aromatic rings. The molecule has 0 aliphatic heterocycles. The van der Waals surface area contributed by atoms with Gasteiger partial charge < -0.3 is 11.1 Å². The van der Waals surface area contributed by atoms with Gasteiger partial charge in [0.05, 0.1) is 0 Å². The molecule has 0 aliphatic rings. The lowest BCUT2D eigenvalue weighted by atomic mass is 9.96. The van der Waals surface area contributed by atoms with Crippen molar-refractivity contribution in [2.75, 3.05) is 0 Å². The van der Waals surface area contributed by atoms with E-state index in [1.807, 2.05) is 18.2 Å². The van der Waals surface area contributed by atoms with Crippen LogP contribution in [0.4, 0.5) is 0 Å². The number of amides is 1. The molecule has 0 radical (unpaired) electrons. The zero-order valence-corrected chi connectivity index (χ0v) is 12.5. The SMILES string of the molecule is CC(C)[C@@H](NCc1ccc(C(N)=O)cc1)c1ccccc1. The first-order valence-corrected chi connectivity index (χ1v) is 7.25. The van der Waals surface area contributed by atoms with Gasteiger partial charge in [-0.15, -0.1) is 0 Å². The Hall–Kier alpha value is -2.13. The van der Waals surface area contributed by atoms with Crippen molar-refractivity contribution in [3.05, 3.63) is 71.3 Å². The summed E-state index contributed by atoms with van der Waals surface area (Å²) in [5, 5.41) is 3.58. The minimum atomic E-state index is -0.390. The predicted octanol–water partition coefficient (Wildman–Crippen LogP) is 3.27. The van der Waals surface area contributed by atoms with Gasteiger partial charge in [-0.3, -0.25) is 4.79 Å². The largest absolute Gasteiger partial charge is 0.366 e. The topological polar surface area (TPSA) is 55.1 Å². The number of nitrogens with one attached hydrogen (secondary N) is 1. The van der Waals surface area contributed by atoms with Crippen molar-refractivity contribution in [2.45, 2.75) is 26.4 Å². The summed E-state index contributed by atoms with van der Waals surface area (Å²) < 4.78 is 0. The molecule has 0 bridgehead atoms. The Kier molecular flexibility index (Phi) is 5.12. The molecule has 2 rings (SSSR count). The van der Waals surface area contributed by atoms with Crippen molar-refractivity contribution in [3.63, 3.8) is 0 Å². The van der Waals surface area contributed by atoms with Crippen LogP contribution >= 0.6 is 0 Å². The third-order valence-electron chi connectivity index (χ3n) is 3.59. The summed E-state index contributed by atoms with van der Waals surface area (Å²) in [5.74, 6) is 0.108. The Bertz CT molecular complexity index is 576. The molecule has 3 nitrogen and oxygen atoms in total. The standard InChI is InChI=1S/C18H22N2O/c1-13(2)17(15-6-4-3-5-7-15)20-12-14-8-10-16(11-9-14)18(19)21/h3-11,13,17,20H,12H2,1-2H3,(H2,19,21)/t17-/m1/s1. The summed E-state index contributed by atoms with van der Waals surface area (Å²) in [6, 6.07) is 18.2. The zero-order valence-electron chi connectivity index (χ0n) is 12.5. The van der Waals surface area contributed by atoms with E-state index in [-0.39, 0.29) is 5.91 Å². The maximum absolute atomic E-state index is 11.1. The van der Waals surface area contributed by atoms with Gasteiger partial charge in [-0.25, -0.2) is 0 Å². The molecular weight excluding hydrogens is 260 g/mol. The second kappa shape index (κ2) is 7.04. The second-order valence-corrected chi connectivity index (χ2v) is 5.57. The van der Waals surface area contributed by atoms with Crippen LogP contribution in [-0.4, -0.2) is 5.91 Å². The maximum atomic E-state index is 11.1. The van der Waals surface area contributed by atoms with E-state index in [9.17, 15) is 4.79 Å². The van der Waals surface area contributed by atoms with Crippen molar-refractivity contribution >= 4 is 5.91 Å². The molecule has 0 fully saturated rings. The number of benzene rings is 2. The van der Waals surface area contributed by atoms with E-state index in [2.05, 4.69) is 43.4 Å².